The van der Waals surface area contributed by atoms with Crippen LogP contribution in [0.4, 0.5) is 0 Å². The summed E-state index contributed by atoms with van der Waals surface area (Å²) in [5.41, 5.74) is 1.47. The van der Waals surface area contributed by atoms with Crippen molar-refractivity contribution in [1.82, 2.24) is 10.2 Å². The number of fused-ring (bicyclic) bond motifs is 1. The molecule has 1 saturated heterocycles. The van der Waals surface area contributed by atoms with Gasteiger partial charge in [-0.15, -0.1) is 0 Å². The Bertz CT molecular complexity index is 933. The molecule has 1 unspecified atom stereocenters. The molecular weight excluding hydrogens is 372 g/mol. The maximum atomic E-state index is 12.8. The lowest BCUT2D eigenvalue weighted by molar-refractivity contribution is -0.154. The van der Waals surface area contributed by atoms with E-state index < -0.39 is 17.6 Å². The van der Waals surface area contributed by atoms with Crippen LogP contribution in [0.1, 0.15) is 67.9 Å². The molecule has 0 spiro atoms. The summed E-state index contributed by atoms with van der Waals surface area (Å²) in [4.78, 5) is 49.6. The van der Waals surface area contributed by atoms with Crippen molar-refractivity contribution in [3.63, 3.8) is 0 Å². The van der Waals surface area contributed by atoms with Gasteiger partial charge in [-0.05, 0) is 44.9 Å². The molecule has 1 fully saturated rings. The van der Waals surface area contributed by atoms with E-state index >= 15 is 0 Å². The normalized spacial score (nSPS) is 18.7. The van der Waals surface area contributed by atoms with Crippen LogP contribution in [-0.4, -0.2) is 40.2 Å². The number of benzene rings is 1. The lowest BCUT2D eigenvalue weighted by Crippen LogP contribution is -2.52. The molecule has 3 amide bonds. The monoisotopic (exact) mass is 396 g/mol. The molecule has 0 aromatic heterocycles. The molecule has 152 valence electrons. The average molecular weight is 396 g/mol. The van der Waals surface area contributed by atoms with Gasteiger partial charge >= 0.3 is 5.97 Å². The summed E-state index contributed by atoms with van der Waals surface area (Å²) in [7, 11) is 0. The van der Waals surface area contributed by atoms with Crippen molar-refractivity contribution >= 4 is 23.7 Å². The van der Waals surface area contributed by atoms with Crippen LogP contribution in [-0.2, 0) is 25.7 Å². The summed E-state index contributed by atoms with van der Waals surface area (Å²) in [6, 6.07) is 4.64. The van der Waals surface area contributed by atoms with Crippen molar-refractivity contribution in [2.75, 3.05) is 0 Å². The summed E-state index contributed by atoms with van der Waals surface area (Å²) < 4.78 is 5.26. The van der Waals surface area contributed by atoms with Crippen molar-refractivity contribution in [3.05, 3.63) is 34.9 Å². The molecular formula is C22H24N2O5. The second kappa shape index (κ2) is 8.08. The quantitative estimate of drug-likeness (QED) is 0.479. The largest absolute Gasteiger partial charge is 0.460 e. The van der Waals surface area contributed by atoms with Gasteiger partial charge in [0.2, 0.25) is 11.8 Å². The highest BCUT2D eigenvalue weighted by molar-refractivity contribution is 6.05. The van der Waals surface area contributed by atoms with Crippen molar-refractivity contribution in [1.29, 1.82) is 0 Å². The summed E-state index contributed by atoms with van der Waals surface area (Å²) in [6.45, 7) is 5.72. The van der Waals surface area contributed by atoms with Crippen LogP contribution in [0.2, 0.25) is 0 Å². The highest BCUT2D eigenvalue weighted by Gasteiger charge is 2.39. The van der Waals surface area contributed by atoms with Gasteiger partial charge in [-0.3, -0.25) is 24.5 Å². The third-order valence-corrected chi connectivity index (χ3v) is 4.68. The number of nitrogens with one attached hydrogen (secondary N) is 1. The van der Waals surface area contributed by atoms with E-state index in [4.69, 9.17) is 4.74 Å². The molecule has 7 heteroatoms. The van der Waals surface area contributed by atoms with Crippen molar-refractivity contribution in [2.24, 2.45) is 0 Å². The van der Waals surface area contributed by atoms with Crippen molar-refractivity contribution in [3.8, 4) is 11.8 Å². The standard InChI is InChI=1S/C22H24N2O5/c1-22(2,3)29-19(26)10-5-4-7-14-8-6-9-15-16(14)13-24(21(15)28)17-11-12-18(25)23-20(17)27/h6,8-9,17H,5,10-13H2,1-3H3,(H,23,25,27). The molecule has 0 bridgehead atoms. The minimum Gasteiger partial charge on any atom is -0.460 e. The number of imide groups is 1. The molecule has 1 aromatic rings. The lowest BCUT2D eigenvalue weighted by Gasteiger charge is -2.29. The number of carbonyl (C=O) groups excluding carboxylic acids is 4. The van der Waals surface area contributed by atoms with Crippen LogP contribution in [0.25, 0.3) is 0 Å². The molecule has 1 N–H and O–H groups in total. The van der Waals surface area contributed by atoms with Gasteiger partial charge in [0.15, 0.2) is 0 Å². The maximum Gasteiger partial charge on any atom is 0.307 e. The molecule has 2 heterocycles. The molecule has 2 aliphatic rings. The molecule has 1 aromatic carbocycles. The fourth-order valence-corrected chi connectivity index (χ4v) is 3.42. The summed E-state index contributed by atoms with van der Waals surface area (Å²) in [5, 5.41) is 2.29. The van der Waals surface area contributed by atoms with Gasteiger partial charge in [-0.2, -0.15) is 0 Å². The van der Waals surface area contributed by atoms with E-state index in [1.807, 2.05) is 26.8 Å². The van der Waals surface area contributed by atoms with Gasteiger partial charge in [0, 0.05) is 30.5 Å². The zero-order valence-electron chi connectivity index (χ0n) is 16.8. The molecule has 2 aliphatic heterocycles. The first-order valence-corrected chi connectivity index (χ1v) is 9.63. The number of nitrogens with zero attached hydrogens (tertiary/aromatic N) is 1. The molecule has 0 aliphatic carbocycles. The van der Waals surface area contributed by atoms with E-state index in [9.17, 15) is 19.2 Å². The number of piperidine rings is 1. The zero-order chi connectivity index (χ0) is 21.2. The smallest absolute Gasteiger partial charge is 0.307 e. The zero-order valence-corrected chi connectivity index (χ0v) is 16.8. The first-order chi connectivity index (χ1) is 13.7. The summed E-state index contributed by atoms with van der Waals surface area (Å²) >= 11 is 0. The highest BCUT2D eigenvalue weighted by Crippen LogP contribution is 2.29. The van der Waals surface area contributed by atoms with Crippen LogP contribution in [0.15, 0.2) is 18.2 Å². The Morgan fingerprint density at radius 2 is 2.03 bits per heavy atom. The number of esters is 1. The first kappa shape index (κ1) is 20.6. The minimum atomic E-state index is -0.652. The van der Waals surface area contributed by atoms with Crippen molar-refractivity contribution in [2.45, 2.75) is 64.6 Å². The fraction of sp³-hybridized carbons (Fsp3) is 0.455. The Balaban J connectivity index is 1.69. The number of rotatable bonds is 3. The second-order valence-electron chi connectivity index (χ2n) is 8.12. The van der Waals surface area contributed by atoms with Crippen molar-refractivity contribution < 1.29 is 23.9 Å². The first-order valence-electron chi connectivity index (χ1n) is 9.63. The highest BCUT2D eigenvalue weighted by atomic mass is 16.6. The van der Waals surface area contributed by atoms with Crippen LogP contribution in [0, 0.1) is 11.8 Å². The van der Waals surface area contributed by atoms with E-state index in [2.05, 4.69) is 17.2 Å². The molecule has 7 nitrogen and oxygen atoms in total. The molecule has 29 heavy (non-hydrogen) atoms. The lowest BCUT2D eigenvalue weighted by atomic mass is 10.0. The SMILES string of the molecule is CC(C)(C)OC(=O)CCC#Cc1cccc2c1CN(C1CCC(=O)NC1=O)C2=O. The number of ether oxygens (including phenoxy) is 1. The van der Waals surface area contributed by atoms with E-state index in [1.54, 1.807) is 12.1 Å². The van der Waals surface area contributed by atoms with Gasteiger partial charge < -0.3 is 9.64 Å². The van der Waals surface area contributed by atoms with E-state index in [-0.39, 0.29) is 37.2 Å². The number of hydrogen-bond acceptors (Lipinski definition) is 5. The Morgan fingerprint density at radius 1 is 1.28 bits per heavy atom. The van der Waals surface area contributed by atoms with Gasteiger partial charge in [-0.25, -0.2) is 0 Å². The Hall–Kier alpha value is -3.14. The van der Waals surface area contributed by atoms with Crippen LogP contribution in [0.5, 0.6) is 0 Å². The maximum absolute atomic E-state index is 12.8. The van der Waals surface area contributed by atoms with E-state index in [0.29, 0.717) is 24.0 Å². The Labute approximate surface area is 169 Å². The summed E-state index contributed by atoms with van der Waals surface area (Å²) in [6.07, 6.45) is 1.08. The van der Waals surface area contributed by atoms with Crippen LogP contribution >= 0.6 is 0 Å². The minimum absolute atomic E-state index is 0.195. The van der Waals surface area contributed by atoms with Gasteiger partial charge in [0.1, 0.15) is 11.6 Å². The Kier molecular flexibility index (Phi) is 5.73. The van der Waals surface area contributed by atoms with Gasteiger partial charge in [0.25, 0.3) is 5.91 Å². The topological polar surface area (TPSA) is 92.8 Å². The Morgan fingerprint density at radius 3 is 2.72 bits per heavy atom. The van der Waals surface area contributed by atoms with E-state index in [1.165, 1.54) is 4.90 Å². The number of amides is 3. The predicted octanol–water partition coefficient (Wildman–Crippen LogP) is 1.92. The van der Waals surface area contributed by atoms with Gasteiger partial charge in [0.05, 0.1) is 6.42 Å². The fourth-order valence-electron chi connectivity index (χ4n) is 3.42. The number of carbonyl (C=O) groups is 4. The number of hydrogen-bond donors (Lipinski definition) is 1. The third kappa shape index (κ3) is 4.83. The second-order valence-corrected chi connectivity index (χ2v) is 8.12. The van der Waals surface area contributed by atoms with Crippen LogP contribution < -0.4 is 5.32 Å². The third-order valence-electron chi connectivity index (χ3n) is 4.68. The van der Waals surface area contributed by atoms with Gasteiger partial charge in [-0.1, -0.05) is 17.9 Å². The van der Waals surface area contributed by atoms with Crippen LogP contribution in [0.3, 0.4) is 0 Å². The molecule has 0 saturated carbocycles. The molecule has 3 rings (SSSR count). The summed E-state index contributed by atoms with van der Waals surface area (Å²) in [5.74, 6) is 4.72. The van der Waals surface area contributed by atoms with E-state index in [0.717, 1.165) is 5.56 Å². The average Bonchev–Trinajstić information content (AvgIpc) is 2.95. The predicted molar refractivity (Wildman–Crippen MR) is 104 cm³/mol. The molecule has 1 atom stereocenters. The molecule has 0 radical (unpaired) electrons.